The monoisotopic (exact) mass is 164 g/mol. The van der Waals surface area contributed by atoms with E-state index in [4.69, 9.17) is 0 Å². The second-order valence-electron chi connectivity index (χ2n) is 5.06. The van der Waals surface area contributed by atoms with Gasteiger partial charge in [0.15, 0.2) is 0 Å². The van der Waals surface area contributed by atoms with Crippen LogP contribution in [-0.4, -0.2) is 0 Å². The fourth-order valence-electron chi connectivity index (χ4n) is 3.08. The molecule has 3 aliphatic carbocycles. The zero-order valence-corrected chi connectivity index (χ0v) is 8.51. The second-order valence-corrected chi connectivity index (χ2v) is 5.06. The van der Waals surface area contributed by atoms with Gasteiger partial charge in [0.25, 0.3) is 0 Å². The minimum Gasteiger partial charge on any atom is -0.0819 e. The molecular weight excluding hydrogens is 144 g/mol. The molecule has 4 unspecified atom stereocenters. The van der Waals surface area contributed by atoms with Crippen LogP contribution in [0.25, 0.3) is 0 Å². The van der Waals surface area contributed by atoms with E-state index < -0.39 is 0 Å². The Bertz CT molecular complexity index is 200. The van der Waals surface area contributed by atoms with Crippen LogP contribution >= 0.6 is 0 Å². The van der Waals surface area contributed by atoms with Gasteiger partial charge >= 0.3 is 0 Å². The van der Waals surface area contributed by atoms with Crippen molar-refractivity contribution in [3.8, 4) is 0 Å². The summed E-state index contributed by atoms with van der Waals surface area (Å²) in [4.78, 5) is 0. The molecule has 12 heavy (non-hydrogen) atoms. The average Bonchev–Trinajstić information content (AvgIpc) is 2.17. The van der Waals surface area contributed by atoms with Crippen molar-refractivity contribution >= 4 is 0 Å². The van der Waals surface area contributed by atoms with Gasteiger partial charge in [0, 0.05) is 0 Å². The van der Waals surface area contributed by atoms with Gasteiger partial charge in [-0.2, -0.15) is 0 Å². The maximum absolute atomic E-state index is 2.56. The molecule has 0 aromatic carbocycles. The second kappa shape index (κ2) is 2.90. The molecule has 1 fully saturated rings. The van der Waals surface area contributed by atoms with Crippen molar-refractivity contribution in [2.75, 3.05) is 0 Å². The molecule has 0 aliphatic heterocycles. The van der Waals surface area contributed by atoms with Crippen molar-refractivity contribution in [3.63, 3.8) is 0 Å². The Morgan fingerprint density at radius 3 is 2.67 bits per heavy atom. The van der Waals surface area contributed by atoms with E-state index in [-0.39, 0.29) is 0 Å². The molecule has 4 atom stereocenters. The predicted molar refractivity (Wildman–Crippen MR) is 52.9 cm³/mol. The molecular formula is C12H20. The van der Waals surface area contributed by atoms with Gasteiger partial charge < -0.3 is 0 Å². The minimum absolute atomic E-state index is 0.902. The summed E-state index contributed by atoms with van der Waals surface area (Å²) in [5, 5.41) is 0. The van der Waals surface area contributed by atoms with E-state index in [2.05, 4.69) is 26.8 Å². The van der Waals surface area contributed by atoms with Crippen LogP contribution in [0.4, 0.5) is 0 Å². The first-order valence-corrected chi connectivity index (χ1v) is 5.35. The van der Waals surface area contributed by atoms with Gasteiger partial charge in [-0.25, -0.2) is 0 Å². The lowest BCUT2D eigenvalue weighted by atomic mass is 9.78. The molecule has 0 amide bonds. The summed E-state index contributed by atoms with van der Waals surface area (Å²) in [6, 6.07) is 0. The van der Waals surface area contributed by atoms with E-state index in [1.165, 1.54) is 19.3 Å². The summed E-state index contributed by atoms with van der Waals surface area (Å²) in [6.07, 6.45) is 6.90. The van der Waals surface area contributed by atoms with Crippen LogP contribution in [0, 0.1) is 23.7 Å². The normalized spacial score (nSPS) is 47.1. The van der Waals surface area contributed by atoms with Gasteiger partial charge in [0.1, 0.15) is 0 Å². The zero-order valence-electron chi connectivity index (χ0n) is 8.51. The third-order valence-electron chi connectivity index (χ3n) is 3.87. The van der Waals surface area contributed by atoms with Crippen molar-refractivity contribution in [1.29, 1.82) is 0 Å². The number of hydrogen-bond acceptors (Lipinski definition) is 0. The average molecular weight is 164 g/mol. The van der Waals surface area contributed by atoms with Crippen LogP contribution < -0.4 is 0 Å². The van der Waals surface area contributed by atoms with Gasteiger partial charge in [-0.1, -0.05) is 25.5 Å². The van der Waals surface area contributed by atoms with Crippen molar-refractivity contribution in [1.82, 2.24) is 0 Å². The van der Waals surface area contributed by atoms with E-state index in [9.17, 15) is 0 Å². The Labute approximate surface area is 76.1 Å². The summed E-state index contributed by atoms with van der Waals surface area (Å²) in [6.45, 7) is 7.19. The molecule has 3 aliphatic rings. The summed E-state index contributed by atoms with van der Waals surface area (Å²) < 4.78 is 0. The fourth-order valence-corrected chi connectivity index (χ4v) is 3.08. The Hall–Kier alpha value is -0.260. The van der Waals surface area contributed by atoms with Crippen LogP contribution in [0.15, 0.2) is 11.6 Å². The van der Waals surface area contributed by atoms with E-state index in [0.717, 1.165) is 23.7 Å². The Kier molecular flexibility index (Phi) is 2.02. The van der Waals surface area contributed by atoms with Gasteiger partial charge in [-0.05, 0) is 49.9 Å². The van der Waals surface area contributed by atoms with E-state index in [1.54, 1.807) is 5.57 Å². The van der Waals surface area contributed by atoms with Gasteiger partial charge in [0.05, 0.1) is 0 Å². The van der Waals surface area contributed by atoms with Crippen molar-refractivity contribution < 1.29 is 0 Å². The zero-order chi connectivity index (χ0) is 8.72. The summed E-state index contributed by atoms with van der Waals surface area (Å²) >= 11 is 0. The third-order valence-corrected chi connectivity index (χ3v) is 3.87. The molecule has 0 spiro atoms. The minimum atomic E-state index is 0.902. The lowest BCUT2D eigenvalue weighted by molar-refractivity contribution is 0.347. The molecule has 0 aromatic heterocycles. The largest absolute Gasteiger partial charge is 0.0819 e. The summed E-state index contributed by atoms with van der Waals surface area (Å²) in [7, 11) is 0. The SMILES string of the molecule is CC1=CC2CC(C)CC1CC2C. The Balaban J connectivity index is 2.25. The van der Waals surface area contributed by atoms with Crippen LogP contribution in [0.3, 0.4) is 0 Å². The molecule has 0 aromatic rings. The van der Waals surface area contributed by atoms with Crippen LogP contribution in [0.1, 0.15) is 40.0 Å². The van der Waals surface area contributed by atoms with E-state index in [1.807, 2.05) is 0 Å². The van der Waals surface area contributed by atoms with Crippen LogP contribution in [0.2, 0.25) is 0 Å². The highest BCUT2D eigenvalue weighted by Crippen LogP contribution is 2.43. The predicted octanol–water partition coefficient (Wildman–Crippen LogP) is 3.63. The molecule has 0 N–H and O–H groups in total. The molecule has 0 radical (unpaired) electrons. The van der Waals surface area contributed by atoms with Crippen LogP contribution in [0.5, 0.6) is 0 Å². The Morgan fingerprint density at radius 2 is 1.92 bits per heavy atom. The summed E-state index contributed by atoms with van der Waals surface area (Å²) in [5.74, 6) is 3.73. The number of rotatable bonds is 0. The van der Waals surface area contributed by atoms with E-state index >= 15 is 0 Å². The number of allylic oxidation sites excluding steroid dienone is 2. The molecule has 0 saturated heterocycles. The maximum Gasteiger partial charge on any atom is -0.0201 e. The van der Waals surface area contributed by atoms with Crippen LogP contribution in [-0.2, 0) is 0 Å². The van der Waals surface area contributed by atoms with E-state index in [0.29, 0.717) is 0 Å². The quantitative estimate of drug-likeness (QED) is 0.479. The topological polar surface area (TPSA) is 0 Å². The van der Waals surface area contributed by atoms with Crippen molar-refractivity contribution in [2.45, 2.75) is 40.0 Å². The van der Waals surface area contributed by atoms with Gasteiger partial charge in [0.2, 0.25) is 0 Å². The van der Waals surface area contributed by atoms with Gasteiger partial charge in [-0.3, -0.25) is 0 Å². The smallest absolute Gasteiger partial charge is 0.0201 e. The number of fused-ring (bicyclic) bond motifs is 3. The lowest BCUT2D eigenvalue weighted by Crippen LogP contribution is -2.16. The standard InChI is InChI=1S/C12H20/c1-8-4-11-7-10(3)12(5-8)6-9(11)2/h6,8,10-12H,4-5,7H2,1-3H3. The Morgan fingerprint density at radius 1 is 1.17 bits per heavy atom. The maximum atomic E-state index is 2.56. The molecule has 0 heterocycles. The highest BCUT2D eigenvalue weighted by Gasteiger charge is 2.32. The van der Waals surface area contributed by atoms with Gasteiger partial charge in [-0.15, -0.1) is 0 Å². The lowest BCUT2D eigenvalue weighted by Gasteiger charge is -2.27. The molecule has 68 valence electrons. The number of hydrogen-bond donors (Lipinski definition) is 0. The first-order chi connectivity index (χ1) is 5.66. The highest BCUT2D eigenvalue weighted by molar-refractivity contribution is 5.13. The fraction of sp³-hybridized carbons (Fsp3) is 0.833. The third kappa shape index (κ3) is 1.32. The first kappa shape index (κ1) is 8.34. The molecule has 0 nitrogen and oxygen atoms in total. The molecule has 3 rings (SSSR count). The molecule has 0 heteroatoms. The highest BCUT2D eigenvalue weighted by atomic mass is 14.4. The molecule has 2 bridgehead atoms. The van der Waals surface area contributed by atoms with Crippen molar-refractivity contribution in [3.05, 3.63) is 11.6 Å². The first-order valence-electron chi connectivity index (χ1n) is 5.35. The van der Waals surface area contributed by atoms with Crippen molar-refractivity contribution in [2.24, 2.45) is 23.7 Å². The molecule has 1 saturated carbocycles. The summed E-state index contributed by atoms with van der Waals surface area (Å²) in [5.41, 5.74) is 1.68.